The summed E-state index contributed by atoms with van der Waals surface area (Å²) in [5.74, 6) is 6.41. The third-order valence-corrected chi connectivity index (χ3v) is 5.11. The Kier molecular flexibility index (Phi) is 5.48. The van der Waals surface area contributed by atoms with Gasteiger partial charge in [-0.1, -0.05) is 42.9 Å². The van der Waals surface area contributed by atoms with Gasteiger partial charge in [0.2, 0.25) is 0 Å². The summed E-state index contributed by atoms with van der Waals surface area (Å²) in [6.45, 7) is 0.450. The fourth-order valence-electron chi connectivity index (χ4n) is 3.61. The molecule has 1 fully saturated rings. The molecule has 5 nitrogen and oxygen atoms in total. The van der Waals surface area contributed by atoms with Gasteiger partial charge in [-0.25, -0.2) is 0 Å². The average Bonchev–Trinajstić information content (AvgIpc) is 3.46. The normalized spacial score (nSPS) is 13.7. The Labute approximate surface area is 165 Å². The number of hydrogen-bond donors (Lipinski definition) is 0. The molecule has 5 heteroatoms. The van der Waals surface area contributed by atoms with Gasteiger partial charge in [0.05, 0.1) is 6.54 Å². The number of carbonyl (C=O) groups excluding carboxylic acids is 1. The lowest BCUT2D eigenvalue weighted by molar-refractivity contribution is 0.0710. The zero-order valence-electron chi connectivity index (χ0n) is 15.7. The van der Waals surface area contributed by atoms with E-state index in [1.165, 1.54) is 12.8 Å². The van der Waals surface area contributed by atoms with Crippen molar-refractivity contribution in [2.45, 2.75) is 31.7 Å². The van der Waals surface area contributed by atoms with E-state index in [0.717, 1.165) is 24.1 Å². The SMILES string of the molecule is O=C(c1ccc(-n2cnnc2)cc1)N(CC#Cc1ccccc1)C1CCCC1. The highest BCUT2D eigenvalue weighted by Gasteiger charge is 2.26. The first-order valence-electron chi connectivity index (χ1n) is 9.61. The third-order valence-electron chi connectivity index (χ3n) is 5.11. The van der Waals surface area contributed by atoms with Gasteiger partial charge in [-0.15, -0.1) is 10.2 Å². The zero-order chi connectivity index (χ0) is 19.2. The van der Waals surface area contributed by atoms with Crippen LogP contribution >= 0.6 is 0 Å². The Hall–Kier alpha value is -3.39. The van der Waals surface area contributed by atoms with Crippen LogP contribution in [-0.2, 0) is 0 Å². The second kappa shape index (κ2) is 8.53. The summed E-state index contributed by atoms with van der Waals surface area (Å²) in [4.78, 5) is 15.1. The highest BCUT2D eigenvalue weighted by molar-refractivity contribution is 5.94. The summed E-state index contributed by atoms with van der Waals surface area (Å²) in [6, 6.07) is 17.7. The van der Waals surface area contributed by atoms with Crippen molar-refractivity contribution in [3.05, 3.63) is 78.4 Å². The summed E-state index contributed by atoms with van der Waals surface area (Å²) in [5.41, 5.74) is 2.59. The highest BCUT2D eigenvalue weighted by atomic mass is 16.2. The molecule has 0 atom stereocenters. The summed E-state index contributed by atoms with van der Waals surface area (Å²) < 4.78 is 1.81. The molecular formula is C23H22N4O. The Morgan fingerprint density at radius 1 is 1.00 bits per heavy atom. The van der Waals surface area contributed by atoms with Gasteiger partial charge in [-0.3, -0.25) is 9.36 Å². The van der Waals surface area contributed by atoms with Crippen LogP contribution in [-0.4, -0.2) is 38.2 Å². The van der Waals surface area contributed by atoms with E-state index in [2.05, 4.69) is 22.0 Å². The van der Waals surface area contributed by atoms with Crippen molar-refractivity contribution in [3.8, 4) is 17.5 Å². The molecule has 0 radical (unpaired) electrons. The number of hydrogen-bond acceptors (Lipinski definition) is 3. The smallest absolute Gasteiger partial charge is 0.254 e. The van der Waals surface area contributed by atoms with E-state index < -0.39 is 0 Å². The van der Waals surface area contributed by atoms with Crippen LogP contribution < -0.4 is 0 Å². The Balaban J connectivity index is 1.52. The van der Waals surface area contributed by atoms with E-state index in [4.69, 9.17) is 0 Å². The van der Waals surface area contributed by atoms with Crippen molar-refractivity contribution in [1.82, 2.24) is 19.7 Å². The van der Waals surface area contributed by atoms with E-state index in [9.17, 15) is 4.79 Å². The van der Waals surface area contributed by atoms with E-state index in [1.54, 1.807) is 12.7 Å². The number of carbonyl (C=O) groups is 1. The van der Waals surface area contributed by atoms with E-state index in [-0.39, 0.29) is 11.9 Å². The number of rotatable bonds is 4. The number of amides is 1. The molecule has 0 N–H and O–H groups in total. The van der Waals surface area contributed by atoms with E-state index >= 15 is 0 Å². The Morgan fingerprint density at radius 2 is 1.68 bits per heavy atom. The van der Waals surface area contributed by atoms with Crippen molar-refractivity contribution in [3.63, 3.8) is 0 Å². The van der Waals surface area contributed by atoms with Crippen molar-refractivity contribution in [2.24, 2.45) is 0 Å². The number of benzene rings is 2. The molecule has 1 aromatic heterocycles. The molecule has 1 heterocycles. The molecule has 0 saturated heterocycles. The predicted octanol–water partition coefficient (Wildman–Crippen LogP) is 3.70. The van der Waals surface area contributed by atoms with Gasteiger partial charge in [0.15, 0.2) is 0 Å². The molecule has 1 saturated carbocycles. The van der Waals surface area contributed by atoms with Gasteiger partial charge in [0.1, 0.15) is 12.7 Å². The quantitative estimate of drug-likeness (QED) is 0.658. The Bertz CT molecular complexity index is 963. The fraction of sp³-hybridized carbons (Fsp3) is 0.261. The molecule has 4 rings (SSSR count). The van der Waals surface area contributed by atoms with Crippen LogP contribution in [0.25, 0.3) is 5.69 Å². The summed E-state index contributed by atoms with van der Waals surface area (Å²) >= 11 is 0. The van der Waals surface area contributed by atoms with Gasteiger partial charge in [0.25, 0.3) is 5.91 Å². The van der Waals surface area contributed by atoms with Crippen LogP contribution in [0.1, 0.15) is 41.6 Å². The number of aromatic nitrogens is 3. The van der Waals surface area contributed by atoms with Crippen LogP contribution in [0.15, 0.2) is 67.3 Å². The molecule has 3 aromatic rings. The van der Waals surface area contributed by atoms with Gasteiger partial charge in [-0.05, 0) is 49.2 Å². The highest BCUT2D eigenvalue weighted by Crippen LogP contribution is 2.25. The second-order valence-electron chi connectivity index (χ2n) is 6.96. The van der Waals surface area contributed by atoms with Gasteiger partial charge >= 0.3 is 0 Å². The molecule has 2 aromatic carbocycles. The van der Waals surface area contributed by atoms with Gasteiger partial charge in [-0.2, -0.15) is 0 Å². The average molecular weight is 370 g/mol. The predicted molar refractivity (Wildman–Crippen MR) is 108 cm³/mol. The lowest BCUT2D eigenvalue weighted by Gasteiger charge is -2.27. The fourth-order valence-corrected chi connectivity index (χ4v) is 3.61. The lowest BCUT2D eigenvalue weighted by Crippen LogP contribution is -2.39. The zero-order valence-corrected chi connectivity index (χ0v) is 15.7. The summed E-state index contributed by atoms with van der Waals surface area (Å²) in [5, 5.41) is 7.64. The first kappa shape index (κ1) is 18.0. The van der Waals surface area contributed by atoms with Gasteiger partial charge in [0, 0.05) is 22.9 Å². The maximum Gasteiger partial charge on any atom is 0.254 e. The maximum absolute atomic E-state index is 13.2. The van der Waals surface area contributed by atoms with Crippen molar-refractivity contribution in [2.75, 3.05) is 6.54 Å². The van der Waals surface area contributed by atoms with Crippen LogP contribution in [0.2, 0.25) is 0 Å². The first-order valence-corrected chi connectivity index (χ1v) is 9.61. The first-order chi connectivity index (χ1) is 13.8. The Morgan fingerprint density at radius 3 is 2.36 bits per heavy atom. The summed E-state index contributed by atoms with van der Waals surface area (Å²) in [7, 11) is 0. The van der Waals surface area contributed by atoms with Crippen molar-refractivity contribution >= 4 is 5.91 Å². The van der Waals surface area contributed by atoms with Gasteiger partial charge < -0.3 is 4.90 Å². The molecule has 140 valence electrons. The largest absolute Gasteiger partial charge is 0.325 e. The maximum atomic E-state index is 13.2. The van der Waals surface area contributed by atoms with Crippen LogP contribution in [0.4, 0.5) is 0 Å². The van der Waals surface area contributed by atoms with Crippen LogP contribution in [0, 0.1) is 11.8 Å². The molecular weight excluding hydrogens is 348 g/mol. The summed E-state index contributed by atoms with van der Waals surface area (Å²) in [6.07, 6.45) is 7.73. The molecule has 1 aliphatic rings. The molecule has 0 aliphatic heterocycles. The molecule has 0 unspecified atom stereocenters. The monoisotopic (exact) mass is 370 g/mol. The minimum absolute atomic E-state index is 0.0459. The van der Waals surface area contributed by atoms with Crippen molar-refractivity contribution in [1.29, 1.82) is 0 Å². The third kappa shape index (κ3) is 4.12. The van der Waals surface area contributed by atoms with Crippen molar-refractivity contribution < 1.29 is 4.79 Å². The number of nitrogens with zero attached hydrogens (tertiary/aromatic N) is 4. The van der Waals surface area contributed by atoms with E-state index in [1.807, 2.05) is 64.1 Å². The topological polar surface area (TPSA) is 51.0 Å². The van der Waals surface area contributed by atoms with E-state index in [0.29, 0.717) is 12.1 Å². The van der Waals surface area contributed by atoms with Crippen LogP contribution in [0.3, 0.4) is 0 Å². The molecule has 1 aliphatic carbocycles. The minimum atomic E-state index is 0.0459. The molecule has 1 amide bonds. The lowest BCUT2D eigenvalue weighted by atomic mass is 10.1. The molecule has 28 heavy (non-hydrogen) atoms. The molecule has 0 bridgehead atoms. The van der Waals surface area contributed by atoms with Crippen LogP contribution in [0.5, 0.6) is 0 Å². The minimum Gasteiger partial charge on any atom is -0.325 e. The second-order valence-corrected chi connectivity index (χ2v) is 6.96. The standard InChI is InChI=1S/C23H22N4O/c28-23(20-12-14-21(15-13-20)26-17-24-25-18-26)27(22-10-4-5-11-22)16-6-9-19-7-2-1-3-8-19/h1-3,7-8,12-15,17-18,22H,4-5,10-11,16H2. The molecule has 0 spiro atoms.